The highest BCUT2D eigenvalue weighted by Crippen LogP contribution is 2.25. The maximum absolute atomic E-state index is 11.5. The fourth-order valence-corrected chi connectivity index (χ4v) is 2.97. The first kappa shape index (κ1) is 15.6. The molecule has 0 saturated carbocycles. The van der Waals surface area contributed by atoms with E-state index < -0.39 is 23.9 Å². The first-order chi connectivity index (χ1) is 8.99. The number of nitrogens with one attached hydrogen (secondary N) is 2. The first-order valence-electron chi connectivity index (χ1n) is 6.16. The average molecular weight is 289 g/mol. The molecule has 108 valence electrons. The van der Waals surface area contributed by atoms with E-state index in [9.17, 15) is 14.4 Å². The molecule has 1 saturated heterocycles. The molecule has 1 aliphatic heterocycles. The smallest absolute Gasteiger partial charge is 0.326 e. The topological polar surface area (TPSA) is 122 Å². The number of nitrogens with two attached hydrogens (primary N) is 1. The van der Waals surface area contributed by atoms with Gasteiger partial charge in [0.25, 0.3) is 0 Å². The number of carboxylic acid groups (broad SMARTS) is 1. The summed E-state index contributed by atoms with van der Waals surface area (Å²) < 4.78 is 0. The zero-order valence-corrected chi connectivity index (χ0v) is 11.4. The van der Waals surface area contributed by atoms with Crippen molar-refractivity contribution < 1.29 is 19.5 Å². The summed E-state index contributed by atoms with van der Waals surface area (Å²) in [6.45, 7) is 0.526. The molecule has 7 nitrogen and oxygen atoms in total. The summed E-state index contributed by atoms with van der Waals surface area (Å²) in [6, 6.07) is -1.62. The minimum absolute atomic E-state index is 0.00371. The van der Waals surface area contributed by atoms with E-state index in [0.29, 0.717) is 11.8 Å². The molecule has 8 heteroatoms. The van der Waals surface area contributed by atoms with Gasteiger partial charge in [-0.25, -0.2) is 9.59 Å². The Balaban J connectivity index is 2.29. The Morgan fingerprint density at radius 2 is 2.16 bits per heavy atom. The molecule has 0 aromatic heterocycles. The van der Waals surface area contributed by atoms with Gasteiger partial charge in [0.15, 0.2) is 0 Å². The van der Waals surface area contributed by atoms with Crippen molar-refractivity contribution in [1.82, 2.24) is 10.6 Å². The third-order valence-electron chi connectivity index (χ3n) is 2.80. The second-order valence-corrected chi connectivity index (χ2v) is 5.79. The van der Waals surface area contributed by atoms with Gasteiger partial charge in [-0.05, 0) is 25.0 Å². The number of carbonyl (C=O) groups is 3. The lowest BCUT2D eigenvalue weighted by Gasteiger charge is -2.16. The van der Waals surface area contributed by atoms with Gasteiger partial charge in [0.05, 0.1) is 0 Å². The molecule has 0 aliphatic carbocycles. The summed E-state index contributed by atoms with van der Waals surface area (Å²) >= 11 is 1.80. The zero-order valence-electron chi connectivity index (χ0n) is 10.6. The van der Waals surface area contributed by atoms with E-state index in [0.717, 1.165) is 18.6 Å². The fourth-order valence-electron chi connectivity index (χ4n) is 1.77. The van der Waals surface area contributed by atoms with Gasteiger partial charge in [0.1, 0.15) is 6.04 Å². The standard InChI is InChI=1S/C11H19N3O4S/c12-9(15)4-3-8(10(16)17)14-11(18)13-6-7-2-1-5-19-7/h7-8H,1-6H2,(H2,12,15)(H,16,17)(H2,13,14,18)/t7?,8-/m1/s1. The number of carboxylic acids is 1. The van der Waals surface area contributed by atoms with Crippen LogP contribution in [0.5, 0.6) is 0 Å². The monoisotopic (exact) mass is 289 g/mol. The van der Waals surface area contributed by atoms with Gasteiger partial charge >= 0.3 is 12.0 Å². The summed E-state index contributed by atoms with van der Waals surface area (Å²) in [4.78, 5) is 33.1. The normalized spacial score (nSPS) is 19.7. The number of hydrogen-bond donors (Lipinski definition) is 4. The van der Waals surface area contributed by atoms with Gasteiger partial charge in [-0.3, -0.25) is 4.79 Å². The predicted octanol–water partition coefficient (Wildman–Crippen LogP) is -0.100. The molecule has 5 N–H and O–H groups in total. The Kier molecular flexibility index (Phi) is 6.48. The van der Waals surface area contributed by atoms with Crippen molar-refractivity contribution in [3.8, 4) is 0 Å². The van der Waals surface area contributed by atoms with Gasteiger partial charge in [0.2, 0.25) is 5.91 Å². The van der Waals surface area contributed by atoms with Crippen molar-refractivity contribution in [1.29, 1.82) is 0 Å². The molecule has 19 heavy (non-hydrogen) atoms. The van der Waals surface area contributed by atoms with E-state index in [1.807, 2.05) is 0 Å². The molecule has 0 aromatic carbocycles. The summed E-state index contributed by atoms with van der Waals surface area (Å²) in [6.07, 6.45) is 2.13. The highest BCUT2D eigenvalue weighted by Gasteiger charge is 2.21. The Morgan fingerprint density at radius 1 is 1.42 bits per heavy atom. The van der Waals surface area contributed by atoms with Gasteiger partial charge < -0.3 is 21.5 Å². The first-order valence-corrected chi connectivity index (χ1v) is 7.21. The summed E-state index contributed by atoms with van der Waals surface area (Å²) in [7, 11) is 0. The van der Waals surface area contributed by atoms with Crippen molar-refractivity contribution >= 4 is 29.7 Å². The quantitative estimate of drug-likeness (QED) is 0.521. The minimum atomic E-state index is -1.17. The van der Waals surface area contributed by atoms with E-state index >= 15 is 0 Å². The third kappa shape index (κ3) is 6.32. The van der Waals surface area contributed by atoms with Crippen LogP contribution in [0.4, 0.5) is 4.79 Å². The Hall–Kier alpha value is -1.44. The van der Waals surface area contributed by atoms with Crippen molar-refractivity contribution in [3.05, 3.63) is 0 Å². The molecular weight excluding hydrogens is 270 g/mol. The van der Waals surface area contributed by atoms with Crippen LogP contribution in [0, 0.1) is 0 Å². The van der Waals surface area contributed by atoms with Crippen LogP contribution in [0.2, 0.25) is 0 Å². The largest absolute Gasteiger partial charge is 0.480 e. The highest BCUT2D eigenvalue weighted by atomic mass is 32.2. The number of primary amides is 1. The van der Waals surface area contributed by atoms with Crippen LogP contribution in [0.15, 0.2) is 0 Å². The minimum Gasteiger partial charge on any atom is -0.480 e. The van der Waals surface area contributed by atoms with Crippen LogP contribution in [0.3, 0.4) is 0 Å². The second kappa shape index (κ2) is 7.88. The van der Waals surface area contributed by atoms with Crippen molar-refractivity contribution in [2.24, 2.45) is 5.73 Å². The lowest BCUT2D eigenvalue weighted by molar-refractivity contribution is -0.139. The Morgan fingerprint density at radius 3 is 2.68 bits per heavy atom. The third-order valence-corrected chi connectivity index (χ3v) is 4.20. The fraction of sp³-hybridized carbons (Fsp3) is 0.727. The molecule has 0 spiro atoms. The van der Waals surface area contributed by atoms with Gasteiger partial charge in [-0.2, -0.15) is 11.8 Å². The lowest BCUT2D eigenvalue weighted by Crippen LogP contribution is -2.47. The number of hydrogen-bond acceptors (Lipinski definition) is 4. The molecule has 3 amide bonds. The molecule has 2 atom stereocenters. The molecule has 0 bridgehead atoms. The van der Waals surface area contributed by atoms with E-state index in [1.165, 1.54) is 0 Å². The molecule has 0 aromatic rings. The summed E-state index contributed by atoms with van der Waals surface area (Å²) in [5.41, 5.74) is 4.95. The predicted molar refractivity (Wildman–Crippen MR) is 71.9 cm³/mol. The number of amides is 3. The molecule has 1 heterocycles. The van der Waals surface area contributed by atoms with Crippen molar-refractivity contribution in [3.63, 3.8) is 0 Å². The Labute approximate surface area is 115 Å². The SMILES string of the molecule is NC(=O)CC[C@@H](NC(=O)NCC1CCCS1)C(=O)O. The number of rotatable bonds is 7. The average Bonchev–Trinajstić information content (AvgIpc) is 2.84. The van der Waals surface area contributed by atoms with Crippen molar-refractivity contribution in [2.75, 3.05) is 12.3 Å². The van der Waals surface area contributed by atoms with E-state index in [2.05, 4.69) is 10.6 Å². The molecule has 1 rings (SSSR count). The number of thioether (sulfide) groups is 1. The molecule has 1 unspecified atom stereocenters. The van der Waals surface area contributed by atoms with Gasteiger partial charge in [-0.1, -0.05) is 0 Å². The number of urea groups is 1. The highest BCUT2D eigenvalue weighted by molar-refractivity contribution is 8.00. The Bertz CT molecular complexity index is 345. The van der Waals surface area contributed by atoms with E-state index in [-0.39, 0.29) is 12.8 Å². The summed E-state index contributed by atoms with van der Waals surface area (Å²) in [5, 5.41) is 14.3. The van der Waals surface area contributed by atoms with Crippen LogP contribution < -0.4 is 16.4 Å². The van der Waals surface area contributed by atoms with Crippen LogP contribution in [0.25, 0.3) is 0 Å². The number of aliphatic carboxylic acids is 1. The molecular formula is C11H19N3O4S. The van der Waals surface area contributed by atoms with Gasteiger partial charge in [0, 0.05) is 18.2 Å². The molecule has 1 aliphatic rings. The zero-order chi connectivity index (χ0) is 14.3. The van der Waals surface area contributed by atoms with Crippen LogP contribution in [0.1, 0.15) is 25.7 Å². The van der Waals surface area contributed by atoms with Gasteiger partial charge in [-0.15, -0.1) is 0 Å². The van der Waals surface area contributed by atoms with Crippen molar-refractivity contribution in [2.45, 2.75) is 37.0 Å². The van der Waals surface area contributed by atoms with Crippen LogP contribution >= 0.6 is 11.8 Å². The summed E-state index contributed by atoms with van der Waals surface area (Å²) in [5.74, 6) is -0.660. The second-order valence-electron chi connectivity index (χ2n) is 4.39. The van der Waals surface area contributed by atoms with E-state index in [1.54, 1.807) is 11.8 Å². The molecule has 1 fully saturated rings. The molecule has 0 radical (unpaired) electrons. The maximum atomic E-state index is 11.5. The van der Waals surface area contributed by atoms with Crippen LogP contribution in [-0.4, -0.2) is 46.6 Å². The maximum Gasteiger partial charge on any atom is 0.326 e. The lowest BCUT2D eigenvalue weighted by atomic mass is 10.1. The van der Waals surface area contributed by atoms with Crippen LogP contribution in [-0.2, 0) is 9.59 Å². The number of carbonyl (C=O) groups excluding carboxylic acids is 2. The van der Waals surface area contributed by atoms with E-state index in [4.69, 9.17) is 10.8 Å².